The van der Waals surface area contributed by atoms with Gasteiger partial charge in [-0.05, 0) is 74.4 Å². The van der Waals surface area contributed by atoms with E-state index in [1.807, 2.05) is 32.8 Å². The van der Waals surface area contributed by atoms with Gasteiger partial charge in [0.2, 0.25) is 0 Å². The number of ether oxygens (including phenoxy) is 2. The monoisotopic (exact) mass is 482 g/mol. The quantitative estimate of drug-likeness (QED) is 0.318. The Kier molecular flexibility index (Phi) is 8.07. The molecule has 1 aliphatic heterocycles. The van der Waals surface area contributed by atoms with Crippen LogP contribution < -0.4 is 9.47 Å². The summed E-state index contributed by atoms with van der Waals surface area (Å²) in [4.78, 5) is 29.8. The molecule has 0 radical (unpaired) electrons. The first-order valence-corrected chi connectivity index (χ1v) is 11.6. The van der Waals surface area contributed by atoms with Crippen LogP contribution in [0.5, 0.6) is 17.2 Å². The Morgan fingerprint density at radius 3 is 2.29 bits per heavy atom. The number of hydrogen-bond acceptors (Lipinski definition) is 7. The molecule has 3 rings (SSSR count). The molecule has 1 unspecified atom stereocenters. The molecular weight excluding hydrogens is 448 g/mol. The number of likely N-dealkylation sites (tertiary alicyclic amines) is 1. The van der Waals surface area contributed by atoms with Crippen LogP contribution in [0.25, 0.3) is 5.76 Å². The van der Waals surface area contributed by atoms with E-state index < -0.39 is 17.7 Å². The van der Waals surface area contributed by atoms with Crippen molar-refractivity contribution in [3.8, 4) is 17.2 Å². The Labute approximate surface area is 206 Å². The highest BCUT2D eigenvalue weighted by Gasteiger charge is 2.46. The number of Topliss-reactive ketones (excluding diaryl/α,β-unsaturated/α-hetero) is 1. The predicted molar refractivity (Wildman–Crippen MR) is 134 cm³/mol. The minimum atomic E-state index is -0.849. The van der Waals surface area contributed by atoms with Gasteiger partial charge in [0.1, 0.15) is 11.5 Å². The molecule has 0 bridgehead atoms. The van der Waals surface area contributed by atoms with Gasteiger partial charge in [0.15, 0.2) is 11.5 Å². The normalized spacial score (nSPS) is 17.5. The highest BCUT2D eigenvalue weighted by molar-refractivity contribution is 6.46. The number of amides is 1. The average Bonchev–Trinajstić information content (AvgIpc) is 3.07. The van der Waals surface area contributed by atoms with Gasteiger partial charge in [-0.2, -0.15) is 0 Å². The number of nitrogens with zero attached hydrogens (tertiary/aromatic N) is 2. The minimum Gasteiger partial charge on any atom is -0.507 e. The van der Waals surface area contributed by atoms with Crippen LogP contribution in [0.1, 0.15) is 48.9 Å². The van der Waals surface area contributed by atoms with E-state index in [-0.39, 0.29) is 28.7 Å². The standard InChI is InChI=1S/C27H34N2O6/c1-16(2)19-14-18(9-10-21(19)34-5)25(31)23-24(17-8-11-22(35-6)20(30)15-17)29(27(33)26(23)32)13-7-12-28(3)4/h8-11,14-16,24,30-31H,7,12-13H2,1-6H3/b25-23-. The molecule has 2 N–H and O–H groups in total. The maximum atomic E-state index is 13.2. The van der Waals surface area contributed by atoms with E-state index in [0.717, 1.165) is 12.1 Å². The molecule has 188 valence electrons. The summed E-state index contributed by atoms with van der Waals surface area (Å²) in [6, 6.07) is 9.08. The molecule has 0 aliphatic carbocycles. The number of aromatic hydroxyl groups is 1. The van der Waals surface area contributed by atoms with Crippen molar-refractivity contribution in [1.29, 1.82) is 0 Å². The number of rotatable bonds is 9. The number of aliphatic hydroxyl groups is 1. The van der Waals surface area contributed by atoms with E-state index in [1.54, 1.807) is 37.4 Å². The number of benzene rings is 2. The lowest BCUT2D eigenvalue weighted by molar-refractivity contribution is -0.139. The molecule has 35 heavy (non-hydrogen) atoms. The second-order valence-electron chi connectivity index (χ2n) is 9.19. The molecule has 1 aliphatic rings. The third kappa shape index (κ3) is 5.27. The van der Waals surface area contributed by atoms with Crippen molar-refractivity contribution >= 4 is 17.4 Å². The summed E-state index contributed by atoms with van der Waals surface area (Å²) in [5.41, 5.74) is 1.79. The lowest BCUT2D eigenvalue weighted by atomic mass is 9.93. The largest absolute Gasteiger partial charge is 0.507 e. The number of carbonyl (C=O) groups excluding carboxylic acids is 2. The van der Waals surface area contributed by atoms with Gasteiger partial charge in [-0.1, -0.05) is 19.9 Å². The van der Waals surface area contributed by atoms with Crippen LogP contribution in [0, 0.1) is 0 Å². The molecule has 0 aromatic heterocycles. The fourth-order valence-electron chi connectivity index (χ4n) is 4.38. The predicted octanol–water partition coefficient (Wildman–Crippen LogP) is 3.91. The number of phenols is 1. The third-order valence-electron chi connectivity index (χ3n) is 6.19. The molecule has 8 nitrogen and oxygen atoms in total. The fraction of sp³-hybridized carbons (Fsp3) is 0.407. The van der Waals surface area contributed by atoms with Crippen LogP contribution in [0.4, 0.5) is 0 Å². The van der Waals surface area contributed by atoms with Crippen LogP contribution in [-0.4, -0.2) is 73.1 Å². The average molecular weight is 483 g/mol. The lowest BCUT2D eigenvalue weighted by Gasteiger charge is -2.26. The van der Waals surface area contributed by atoms with Gasteiger partial charge in [-0.25, -0.2) is 0 Å². The minimum absolute atomic E-state index is 0.00991. The number of hydrogen-bond donors (Lipinski definition) is 2. The molecule has 1 atom stereocenters. The second-order valence-corrected chi connectivity index (χ2v) is 9.19. The lowest BCUT2D eigenvalue weighted by Crippen LogP contribution is -2.32. The maximum Gasteiger partial charge on any atom is 0.295 e. The maximum absolute atomic E-state index is 13.2. The highest BCUT2D eigenvalue weighted by atomic mass is 16.5. The van der Waals surface area contributed by atoms with Crippen molar-refractivity contribution in [3.05, 3.63) is 58.7 Å². The van der Waals surface area contributed by atoms with Crippen molar-refractivity contribution in [3.63, 3.8) is 0 Å². The molecule has 1 saturated heterocycles. The summed E-state index contributed by atoms with van der Waals surface area (Å²) in [7, 11) is 6.89. The van der Waals surface area contributed by atoms with Gasteiger partial charge < -0.3 is 29.5 Å². The number of phenolic OH excluding ortho intramolecular Hbond substituents is 1. The van der Waals surface area contributed by atoms with Crippen LogP contribution in [0.2, 0.25) is 0 Å². The van der Waals surface area contributed by atoms with Gasteiger partial charge in [0.25, 0.3) is 11.7 Å². The van der Waals surface area contributed by atoms with Crippen molar-refractivity contribution < 1.29 is 29.3 Å². The van der Waals surface area contributed by atoms with Crippen molar-refractivity contribution in [2.45, 2.75) is 32.2 Å². The zero-order valence-corrected chi connectivity index (χ0v) is 21.2. The van der Waals surface area contributed by atoms with Gasteiger partial charge in [-0.3, -0.25) is 9.59 Å². The molecular formula is C27H34N2O6. The molecule has 1 fully saturated rings. The summed E-state index contributed by atoms with van der Waals surface area (Å²) < 4.78 is 10.6. The molecule has 8 heteroatoms. The Morgan fingerprint density at radius 2 is 1.71 bits per heavy atom. The molecule has 2 aromatic carbocycles. The van der Waals surface area contributed by atoms with Crippen LogP contribution >= 0.6 is 0 Å². The van der Waals surface area contributed by atoms with E-state index in [4.69, 9.17) is 9.47 Å². The Hall–Kier alpha value is -3.52. The topological polar surface area (TPSA) is 99.5 Å². The molecule has 2 aromatic rings. The Bertz CT molecular complexity index is 1140. The molecule has 0 saturated carbocycles. The van der Waals surface area contributed by atoms with Gasteiger partial charge in [0.05, 0.1) is 25.8 Å². The SMILES string of the molecule is COc1ccc(C2/C(=C(/O)c3ccc(OC)c(C(C)C)c3)C(=O)C(=O)N2CCCN(C)C)cc1O. The Balaban J connectivity index is 2.17. The Morgan fingerprint density at radius 1 is 1.06 bits per heavy atom. The first-order chi connectivity index (χ1) is 16.6. The van der Waals surface area contributed by atoms with Crippen LogP contribution in [0.3, 0.4) is 0 Å². The molecule has 1 amide bonds. The van der Waals surface area contributed by atoms with E-state index >= 15 is 0 Å². The number of aliphatic hydroxyl groups excluding tert-OH is 1. The fourth-order valence-corrected chi connectivity index (χ4v) is 4.38. The van der Waals surface area contributed by atoms with Crippen molar-refractivity contribution in [2.75, 3.05) is 41.4 Å². The zero-order chi connectivity index (χ0) is 25.9. The smallest absolute Gasteiger partial charge is 0.295 e. The van der Waals surface area contributed by atoms with Crippen LogP contribution in [0.15, 0.2) is 42.0 Å². The first kappa shape index (κ1) is 26.1. The number of carbonyl (C=O) groups is 2. The van der Waals surface area contributed by atoms with Crippen molar-refractivity contribution in [1.82, 2.24) is 9.80 Å². The number of ketones is 1. The summed E-state index contributed by atoms with van der Waals surface area (Å²) in [5.74, 6) is -0.746. The zero-order valence-electron chi connectivity index (χ0n) is 21.2. The van der Waals surface area contributed by atoms with Gasteiger partial charge in [-0.15, -0.1) is 0 Å². The van der Waals surface area contributed by atoms with Gasteiger partial charge >= 0.3 is 0 Å². The van der Waals surface area contributed by atoms with Crippen LogP contribution in [-0.2, 0) is 9.59 Å². The van der Waals surface area contributed by atoms with E-state index in [1.165, 1.54) is 18.1 Å². The summed E-state index contributed by atoms with van der Waals surface area (Å²) in [5, 5.41) is 21.8. The van der Waals surface area contributed by atoms with Gasteiger partial charge in [0, 0.05) is 12.1 Å². The van der Waals surface area contributed by atoms with E-state index in [9.17, 15) is 19.8 Å². The van der Waals surface area contributed by atoms with Crippen molar-refractivity contribution in [2.24, 2.45) is 0 Å². The van der Waals surface area contributed by atoms with E-state index in [2.05, 4.69) is 0 Å². The first-order valence-electron chi connectivity index (χ1n) is 11.6. The van der Waals surface area contributed by atoms with E-state index in [0.29, 0.717) is 29.8 Å². The third-order valence-corrected chi connectivity index (χ3v) is 6.19. The second kappa shape index (κ2) is 10.8. The number of methoxy groups -OCH3 is 2. The summed E-state index contributed by atoms with van der Waals surface area (Å²) in [6.07, 6.45) is 0.638. The molecule has 0 spiro atoms. The summed E-state index contributed by atoms with van der Waals surface area (Å²) in [6.45, 7) is 5.05. The highest BCUT2D eigenvalue weighted by Crippen LogP contribution is 2.42. The molecule has 1 heterocycles. The summed E-state index contributed by atoms with van der Waals surface area (Å²) >= 11 is 0.